The summed E-state index contributed by atoms with van der Waals surface area (Å²) in [4.78, 5) is 2.50. The number of aryl methyl sites for hydroxylation is 2. The van der Waals surface area contributed by atoms with Crippen molar-refractivity contribution in [2.24, 2.45) is 0 Å². The molecule has 19 heavy (non-hydrogen) atoms. The number of thioether (sulfide) groups is 1. The largest absolute Gasteiger partial charge is 0.315 e. The van der Waals surface area contributed by atoms with Crippen LogP contribution in [-0.2, 0) is 13.0 Å². The Kier molecular flexibility index (Phi) is 5.30. The fourth-order valence-electron chi connectivity index (χ4n) is 2.82. The lowest BCUT2D eigenvalue weighted by atomic mass is 10.0. The van der Waals surface area contributed by atoms with E-state index in [4.69, 9.17) is 0 Å². The predicted molar refractivity (Wildman–Crippen MR) is 82.9 cm³/mol. The maximum absolute atomic E-state index is 4.55. The van der Waals surface area contributed by atoms with Gasteiger partial charge < -0.3 is 10.2 Å². The zero-order chi connectivity index (χ0) is 13.8. The zero-order valence-electron chi connectivity index (χ0n) is 12.5. The van der Waals surface area contributed by atoms with Gasteiger partial charge in [0.05, 0.1) is 5.69 Å². The fourth-order valence-corrected chi connectivity index (χ4v) is 4.13. The summed E-state index contributed by atoms with van der Waals surface area (Å²) >= 11 is 2.07. The van der Waals surface area contributed by atoms with Crippen LogP contribution in [0.15, 0.2) is 6.07 Å². The average molecular weight is 282 g/mol. The van der Waals surface area contributed by atoms with E-state index in [1.807, 2.05) is 0 Å². The minimum atomic E-state index is 0.499. The Hall–Kier alpha value is -0.520. The van der Waals surface area contributed by atoms with Gasteiger partial charge in [0.2, 0.25) is 0 Å². The fraction of sp³-hybridized carbons (Fsp3) is 0.786. The summed E-state index contributed by atoms with van der Waals surface area (Å²) < 4.78 is 2.13. The van der Waals surface area contributed by atoms with Crippen LogP contribution in [-0.4, -0.2) is 58.9 Å². The molecule has 0 bridgehead atoms. The number of hydrogen-bond donors (Lipinski definition) is 1. The molecule has 0 aliphatic carbocycles. The van der Waals surface area contributed by atoms with Crippen molar-refractivity contribution < 1.29 is 0 Å². The topological polar surface area (TPSA) is 33.1 Å². The highest BCUT2D eigenvalue weighted by atomic mass is 32.2. The van der Waals surface area contributed by atoms with E-state index < -0.39 is 0 Å². The number of aromatic nitrogens is 2. The first-order valence-electron chi connectivity index (χ1n) is 7.14. The summed E-state index contributed by atoms with van der Waals surface area (Å²) in [6.07, 6.45) is 1.06. The van der Waals surface area contributed by atoms with E-state index in [2.05, 4.69) is 65.8 Å². The first kappa shape index (κ1) is 14.9. The highest BCUT2D eigenvalue weighted by Gasteiger charge is 2.27. The van der Waals surface area contributed by atoms with Crippen molar-refractivity contribution in [2.75, 3.05) is 32.1 Å². The Morgan fingerprint density at radius 3 is 3.00 bits per heavy atom. The number of hydrogen-bond acceptors (Lipinski definition) is 4. The van der Waals surface area contributed by atoms with Crippen molar-refractivity contribution in [3.8, 4) is 0 Å². The van der Waals surface area contributed by atoms with E-state index in [-0.39, 0.29) is 0 Å². The maximum Gasteiger partial charge on any atom is 0.0596 e. The van der Waals surface area contributed by atoms with Gasteiger partial charge in [-0.2, -0.15) is 16.9 Å². The lowest BCUT2D eigenvalue weighted by Crippen LogP contribution is -2.53. The molecule has 5 heteroatoms. The Labute approximate surface area is 120 Å². The second-order valence-corrected chi connectivity index (χ2v) is 6.46. The summed E-state index contributed by atoms with van der Waals surface area (Å²) in [5, 5.41) is 8.07. The number of nitrogens with zero attached hydrogens (tertiary/aromatic N) is 3. The Balaban J connectivity index is 2.09. The zero-order valence-corrected chi connectivity index (χ0v) is 13.3. The van der Waals surface area contributed by atoms with Crippen LogP contribution in [0.3, 0.4) is 0 Å². The van der Waals surface area contributed by atoms with E-state index in [1.54, 1.807) is 0 Å². The molecular weight excluding hydrogens is 256 g/mol. The molecule has 2 heterocycles. The molecule has 0 spiro atoms. The van der Waals surface area contributed by atoms with Gasteiger partial charge >= 0.3 is 0 Å². The van der Waals surface area contributed by atoms with Crippen LogP contribution >= 0.6 is 11.8 Å². The molecule has 1 aromatic rings. The summed E-state index contributed by atoms with van der Waals surface area (Å²) in [6, 6.07) is 3.34. The summed E-state index contributed by atoms with van der Waals surface area (Å²) in [6.45, 7) is 6.38. The van der Waals surface area contributed by atoms with Crippen LogP contribution in [0.2, 0.25) is 0 Å². The molecule has 1 saturated heterocycles. The molecule has 1 aliphatic rings. The SMILES string of the molecule is CCn1nc(C)cc1CC(NC)C1CSCCN1C. The van der Waals surface area contributed by atoms with Crippen LogP contribution in [0.1, 0.15) is 18.3 Å². The van der Waals surface area contributed by atoms with Crippen molar-refractivity contribution in [1.29, 1.82) is 0 Å². The minimum Gasteiger partial charge on any atom is -0.315 e. The molecule has 2 unspecified atom stereocenters. The predicted octanol–water partition coefficient (Wildman–Crippen LogP) is 1.39. The molecule has 0 aromatic carbocycles. The first-order valence-corrected chi connectivity index (χ1v) is 8.29. The van der Waals surface area contributed by atoms with E-state index in [0.29, 0.717) is 12.1 Å². The van der Waals surface area contributed by atoms with Gasteiger partial charge in [-0.1, -0.05) is 0 Å². The van der Waals surface area contributed by atoms with Crippen molar-refractivity contribution in [3.63, 3.8) is 0 Å². The van der Waals surface area contributed by atoms with Crippen LogP contribution in [0, 0.1) is 6.92 Å². The van der Waals surface area contributed by atoms with Crippen LogP contribution in [0.25, 0.3) is 0 Å². The lowest BCUT2D eigenvalue weighted by molar-refractivity contribution is 0.217. The van der Waals surface area contributed by atoms with Crippen molar-refractivity contribution in [2.45, 2.75) is 38.9 Å². The normalized spacial score (nSPS) is 22.6. The molecule has 0 amide bonds. The lowest BCUT2D eigenvalue weighted by Gasteiger charge is -2.37. The van der Waals surface area contributed by atoms with Crippen molar-refractivity contribution >= 4 is 11.8 Å². The molecule has 2 atom stereocenters. The minimum absolute atomic E-state index is 0.499. The number of nitrogens with one attached hydrogen (secondary N) is 1. The summed E-state index contributed by atoms with van der Waals surface area (Å²) in [5.74, 6) is 2.48. The Morgan fingerprint density at radius 2 is 2.37 bits per heavy atom. The van der Waals surface area contributed by atoms with Crippen molar-refractivity contribution in [1.82, 2.24) is 20.0 Å². The third kappa shape index (κ3) is 3.52. The van der Waals surface area contributed by atoms with E-state index >= 15 is 0 Å². The summed E-state index contributed by atoms with van der Waals surface area (Å²) in [5.41, 5.74) is 2.47. The highest BCUT2D eigenvalue weighted by molar-refractivity contribution is 7.99. The number of likely N-dealkylation sites (N-methyl/N-ethyl adjacent to an activating group) is 2. The van der Waals surface area contributed by atoms with Crippen LogP contribution in [0.5, 0.6) is 0 Å². The third-order valence-corrected chi connectivity index (χ3v) is 5.04. The van der Waals surface area contributed by atoms with Gasteiger partial charge in [-0.15, -0.1) is 0 Å². The number of rotatable bonds is 5. The van der Waals surface area contributed by atoms with Gasteiger partial charge in [-0.25, -0.2) is 0 Å². The van der Waals surface area contributed by atoms with Gasteiger partial charge in [-0.3, -0.25) is 4.68 Å². The Morgan fingerprint density at radius 1 is 1.58 bits per heavy atom. The van der Waals surface area contributed by atoms with Gasteiger partial charge in [-0.05, 0) is 34.0 Å². The Bertz CT molecular complexity index is 404. The molecule has 1 aliphatic heterocycles. The highest BCUT2D eigenvalue weighted by Crippen LogP contribution is 2.20. The molecule has 1 N–H and O–H groups in total. The molecule has 1 fully saturated rings. The molecule has 2 rings (SSSR count). The van der Waals surface area contributed by atoms with Gasteiger partial charge in [0.15, 0.2) is 0 Å². The molecule has 0 radical (unpaired) electrons. The van der Waals surface area contributed by atoms with Gasteiger partial charge in [0, 0.05) is 48.8 Å². The molecule has 4 nitrogen and oxygen atoms in total. The van der Waals surface area contributed by atoms with Crippen LogP contribution < -0.4 is 5.32 Å². The second kappa shape index (κ2) is 6.77. The second-order valence-electron chi connectivity index (χ2n) is 5.31. The first-order chi connectivity index (χ1) is 9.15. The molecular formula is C14H26N4S. The molecule has 108 valence electrons. The summed E-state index contributed by atoms with van der Waals surface area (Å²) in [7, 11) is 4.33. The average Bonchev–Trinajstić information content (AvgIpc) is 2.77. The molecule has 0 saturated carbocycles. The monoisotopic (exact) mass is 282 g/mol. The van der Waals surface area contributed by atoms with Gasteiger partial charge in [0.1, 0.15) is 0 Å². The van der Waals surface area contributed by atoms with Crippen molar-refractivity contribution in [3.05, 3.63) is 17.5 Å². The quantitative estimate of drug-likeness (QED) is 0.885. The third-order valence-electron chi connectivity index (χ3n) is 3.99. The molecule has 1 aromatic heterocycles. The van der Waals surface area contributed by atoms with E-state index in [9.17, 15) is 0 Å². The standard InChI is InChI=1S/C14H26N4S/c1-5-18-12(8-11(2)16-18)9-13(15-3)14-10-19-7-6-17(14)4/h8,13-15H,5-7,9-10H2,1-4H3. The maximum atomic E-state index is 4.55. The van der Waals surface area contributed by atoms with Gasteiger partial charge in [0.25, 0.3) is 0 Å². The van der Waals surface area contributed by atoms with Crippen LogP contribution in [0.4, 0.5) is 0 Å². The van der Waals surface area contributed by atoms with E-state index in [1.165, 1.54) is 23.7 Å². The van der Waals surface area contributed by atoms with E-state index in [0.717, 1.165) is 18.7 Å². The smallest absolute Gasteiger partial charge is 0.0596 e.